The highest BCUT2D eigenvalue weighted by Gasteiger charge is 2.23. The number of aromatic nitrogens is 2. The maximum atomic E-state index is 12.5. The van der Waals surface area contributed by atoms with Crippen molar-refractivity contribution in [3.05, 3.63) is 40.4 Å². The van der Waals surface area contributed by atoms with E-state index in [2.05, 4.69) is 26.1 Å². The van der Waals surface area contributed by atoms with Gasteiger partial charge in [0.25, 0.3) is 5.91 Å². The molecule has 2 aliphatic rings. The molecule has 0 aliphatic carbocycles. The number of ether oxygens (including phenoxy) is 1. The average molecular weight is 464 g/mol. The Kier molecular flexibility index (Phi) is 7.35. The van der Waals surface area contributed by atoms with Crippen LogP contribution in [0.1, 0.15) is 25.7 Å². The summed E-state index contributed by atoms with van der Waals surface area (Å²) in [5.74, 6) is 2.21. The van der Waals surface area contributed by atoms with E-state index in [0.717, 1.165) is 24.7 Å². The summed E-state index contributed by atoms with van der Waals surface area (Å²) in [5.41, 5.74) is 0. The number of carbonyl (C=O) groups is 1. The number of piperazine rings is 1. The van der Waals surface area contributed by atoms with Crippen LogP contribution >= 0.6 is 23.2 Å². The summed E-state index contributed by atoms with van der Waals surface area (Å²) < 4.78 is 5.58. The molecular weight excluding hydrogens is 437 g/mol. The lowest BCUT2D eigenvalue weighted by atomic mass is 10.2. The van der Waals surface area contributed by atoms with Gasteiger partial charge in [-0.1, -0.05) is 36.0 Å². The molecule has 0 bridgehead atoms. The molecule has 0 N–H and O–H groups in total. The summed E-state index contributed by atoms with van der Waals surface area (Å²) in [6.45, 7) is 4.72. The van der Waals surface area contributed by atoms with Crippen molar-refractivity contribution in [3.63, 3.8) is 0 Å². The van der Waals surface area contributed by atoms with E-state index < -0.39 is 0 Å². The molecule has 2 aliphatic heterocycles. The van der Waals surface area contributed by atoms with Crippen LogP contribution in [0.5, 0.6) is 5.75 Å². The highest BCUT2D eigenvalue weighted by molar-refractivity contribution is 6.35. The first-order valence-corrected chi connectivity index (χ1v) is 11.5. The third-order valence-corrected chi connectivity index (χ3v) is 6.30. The molecule has 166 valence electrons. The average Bonchev–Trinajstić information content (AvgIpc) is 3.08. The van der Waals surface area contributed by atoms with Gasteiger partial charge in [0.15, 0.2) is 18.2 Å². The van der Waals surface area contributed by atoms with Gasteiger partial charge in [-0.15, -0.1) is 10.2 Å². The van der Waals surface area contributed by atoms with Gasteiger partial charge in [-0.2, -0.15) is 0 Å². The Hall–Kier alpha value is -2.25. The lowest BCUT2D eigenvalue weighted by molar-refractivity contribution is -0.133. The summed E-state index contributed by atoms with van der Waals surface area (Å²) in [6, 6.07) is 9.06. The Morgan fingerprint density at radius 1 is 0.839 bits per heavy atom. The van der Waals surface area contributed by atoms with Crippen molar-refractivity contribution in [1.29, 1.82) is 0 Å². The Labute approximate surface area is 192 Å². The first-order chi connectivity index (χ1) is 15.1. The molecule has 1 amide bonds. The smallest absolute Gasteiger partial charge is 0.260 e. The lowest BCUT2D eigenvalue weighted by Gasteiger charge is -2.35. The number of carbonyl (C=O) groups excluding carboxylic acids is 1. The zero-order valence-electron chi connectivity index (χ0n) is 17.5. The van der Waals surface area contributed by atoms with E-state index in [4.69, 9.17) is 27.9 Å². The van der Waals surface area contributed by atoms with E-state index in [1.165, 1.54) is 25.7 Å². The minimum atomic E-state index is -0.0618. The molecular formula is C22H27Cl2N5O2. The van der Waals surface area contributed by atoms with Crippen LogP contribution < -0.4 is 14.5 Å². The van der Waals surface area contributed by atoms with E-state index in [9.17, 15) is 4.79 Å². The largest absolute Gasteiger partial charge is 0.482 e. The standard InChI is InChI=1S/C22H27Cl2N5O2/c23-17-5-6-19(18(24)15-17)31-16-22(30)29-13-11-28(12-14-29)21-8-7-20(25-26-21)27-9-3-1-2-4-10-27/h5-8,15H,1-4,9-14,16H2. The number of rotatable bonds is 5. The molecule has 2 aromatic rings. The highest BCUT2D eigenvalue weighted by atomic mass is 35.5. The molecule has 0 saturated carbocycles. The molecule has 2 saturated heterocycles. The normalized spacial score (nSPS) is 17.4. The first-order valence-electron chi connectivity index (χ1n) is 10.8. The van der Waals surface area contributed by atoms with Gasteiger partial charge in [-0.3, -0.25) is 4.79 Å². The third kappa shape index (κ3) is 5.71. The van der Waals surface area contributed by atoms with Crippen molar-refractivity contribution in [2.45, 2.75) is 25.7 Å². The van der Waals surface area contributed by atoms with Gasteiger partial charge in [-0.05, 0) is 43.2 Å². The van der Waals surface area contributed by atoms with E-state index in [0.29, 0.717) is 42.0 Å². The van der Waals surface area contributed by atoms with Crippen LogP contribution in [0, 0.1) is 0 Å². The Bertz CT molecular complexity index is 880. The summed E-state index contributed by atoms with van der Waals surface area (Å²) in [5, 5.41) is 9.84. The fraction of sp³-hybridized carbons (Fsp3) is 0.500. The second-order valence-electron chi connectivity index (χ2n) is 7.88. The van der Waals surface area contributed by atoms with Crippen LogP contribution in [0.2, 0.25) is 10.0 Å². The maximum absolute atomic E-state index is 12.5. The van der Waals surface area contributed by atoms with Gasteiger partial charge in [0, 0.05) is 44.3 Å². The zero-order valence-corrected chi connectivity index (χ0v) is 19.0. The van der Waals surface area contributed by atoms with E-state index in [-0.39, 0.29) is 12.5 Å². The molecule has 1 aromatic heterocycles. The van der Waals surface area contributed by atoms with Crippen LogP contribution in [-0.2, 0) is 4.79 Å². The van der Waals surface area contributed by atoms with Crippen LogP contribution in [-0.4, -0.2) is 66.9 Å². The van der Waals surface area contributed by atoms with Gasteiger partial charge in [0.05, 0.1) is 5.02 Å². The van der Waals surface area contributed by atoms with Crippen LogP contribution in [0.3, 0.4) is 0 Å². The monoisotopic (exact) mass is 463 g/mol. The SMILES string of the molecule is O=C(COc1ccc(Cl)cc1Cl)N1CCN(c2ccc(N3CCCCCC3)nn2)CC1. The number of nitrogens with zero attached hydrogens (tertiary/aromatic N) is 5. The molecule has 0 spiro atoms. The number of amides is 1. The van der Waals surface area contributed by atoms with Gasteiger partial charge < -0.3 is 19.4 Å². The van der Waals surface area contributed by atoms with E-state index in [1.807, 2.05) is 6.07 Å². The molecule has 0 radical (unpaired) electrons. The minimum Gasteiger partial charge on any atom is -0.482 e. The fourth-order valence-corrected chi connectivity index (χ4v) is 4.43. The maximum Gasteiger partial charge on any atom is 0.260 e. The molecule has 0 atom stereocenters. The predicted octanol–water partition coefficient (Wildman–Crippen LogP) is 3.89. The van der Waals surface area contributed by atoms with Crippen molar-refractivity contribution in [1.82, 2.24) is 15.1 Å². The highest BCUT2D eigenvalue weighted by Crippen LogP contribution is 2.27. The molecule has 0 unspecified atom stereocenters. The predicted molar refractivity (Wildman–Crippen MR) is 123 cm³/mol. The molecule has 1 aromatic carbocycles. The van der Waals surface area contributed by atoms with E-state index in [1.54, 1.807) is 23.1 Å². The number of anilines is 2. The number of hydrogen-bond acceptors (Lipinski definition) is 6. The summed E-state index contributed by atoms with van der Waals surface area (Å²) >= 11 is 12.0. The summed E-state index contributed by atoms with van der Waals surface area (Å²) in [7, 11) is 0. The van der Waals surface area contributed by atoms with Gasteiger partial charge in [0.1, 0.15) is 5.75 Å². The molecule has 2 fully saturated rings. The van der Waals surface area contributed by atoms with Crippen LogP contribution in [0.4, 0.5) is 11.6 Å². The van der Waals surface area contributed by atoms with Crippen molar-refractivity contribution in [2.24, 2.45) is 0 Å². The van der Waals surface area contributed by atoms with Crippen LogP contribution in [0.25, 0.3) is 0 Å². The van der Waals surface area contributed by atoms with Gasteiger partial charge >= 0.3 is 0 Å². The number of hydrogen-bond donors (Lipinski definition) is 0. The Morgan fingerprint density at radius 3 is 2.03 bits per heavy atom. The second-order valence-corrected chi connectivity index (χ2v) is 8.73. The quantitative estimate of drug-likeness (QED) is 0.669. The minimum absolute atomic E-state index is 0.0499. The van der Waals surface area contributed by atoms with Crippen molar-refractivity contribution in [3.8, 4) is 5.75 Å². The van der Waals surface area contributed by atoms with Crippen molar-refractivity contribution >= 4 is 40.7 Å². The zero-order chi connectivity index (χ0) is 21.6. The Morgan fingerprint density at radius 2 is 1.45 bits per heavy atom. The van der Waals surface area contributed by atoms with Crippen LogP contribution in [0.15, 0.2) is 30.3 Å². The first kappa shape index (κ1) is 22.0. The van der Waals surface area contributed by atoms with E-state index >= 15 is 0 Å². The molecule has 7 nitrogen and oxygen atoms in total. The molecule has 4 rings (SSSR count). The molecule has 9 heteroatoms. The topological polar surface area (TPSA) is 61.8 Å². The molecule has 3 heterocycles. The van der Waals surface area contributed by atoms with Crippen molar-refractivity contribution in [2.75, 3.05) is 55.7 Å². The second kappa shape index (κ2) is 10.4. The van der Waals surface area contributed by atoms with Gasteiger partial charge in [0.2, 0.25) is 0 Å². The fourth-order valence-electron chi connectivity index (χ4n) is 3.96. The number of benzene rings is 1. The molecule has 31 heavy (non-hydrogen) atoms. The third-order valence-electron chi connectivity index (χ3n) is 5.77. The lowest BCUT2D eigenvalue weighted by Crippen LogP contribution is -2.50. The summed E-state index contributed by atoms with van der Waals surface area (Å²) in [6.07, 6.45) is 5.02. The van der Waals surface area contributed by atoms with Gasteiger partial charge in [-0.25, -0.2) is 0 Å². The Balaban J connectivity index is 1.26. The van der Waals surface area contributed by atoms with Crippen molar-refractivity contribution < 1.29 is 9.53 Å². The number of halogens is 2. The summed E-state index contributed by atoms with van der Waals surface area (Å²) in [4.78, 5) is 18.8.